The fraction of sp³-hybridized carbons (Fsp3) is 0.0455. The van der Waals surface area contributed by atoms with Crippen molar-refractivity contribution >= 4 is 86.5 Å². The molecule has 2 aliphatic rings. The van der Waals surface area contributed by atoms with Crippen molar-refractivity contribution in [2.45, 2.75) is 12.6 Å². The molecule has 6 aromatic carbocycles. The van der Waals surface area contributed by atoms with E-state index in [1.807, 2.05) is 35.6 Å². The second kappa shape index (κ2) is 9.99. The van der Waals surface area contributed by atoms with E-state index in [0.29, 0.717) is 5.71 Å². The third-order valence-electron chi connectivity index (χ3n) is 10.4. The van der Waals surface area contributed by atoms with Crippen LogP contribution in [-0.2, 0) is 6.54 Å². The van der Waals surface area contributed by atoms with E-state index in [0.717, 1.165) is 17.9 Å². The number of hydrogen-bond acceptors (Lipinski definition) is 3. The molecule has 230 valence electrons. The zero-order valence-electron chi connectivity index (χ0n) is 26.4. The number of nitrogens with one attached hydrogen (secondary N) is 1. The van der Waals surface area contributed by atoms with Crippen LogP contribution in [0.3, 0.4) is 0 Å². The van der Waals surface area contributed by atoms with Crippen molar-refractivity contribution in [2.75, 3.05) is 0 Å². The summed E-state index contributed by atoms with van der Waals surface area (Å²) in [6, 6.07) is 44.3. The van der Waals surface area contributed by atoms with Crippen molar-refractivity contribution in [2.24, 2.45) is 4.99 Å². The quantitative estimate of drug-likeness (QED) is 0.186. The number of nitrogens with zero attached hydrogens (tertiary/aromatic N) is 3. The number of allylic oxidation sites excluding steroid dienone is 4. The molecule has 3 aromatic heterocycles. The van der Waals surface area contributed by atoms with Gasteiger partial charge in [-0.05, 0) is 60.2 Å². The van der Waals surface area contributed by atoms with Crippen molar-refractivity contribution in [3.8, 4) is 16.8 Å². The standard InChI is InChI=1S/C44H28N4S/c45-34-17-6-7-18-35(34)46-36-25-47-37-22-21-26(23-32(37)33-24-40-41(42(36)44(33)47)31-14-5-9-20-39(31)49-40)28-15-10-16-30-29-13-4-8-19-38(29)48(43(28)30)27-11-2-1-3-12-27/h1-24,36,45H,25H2. The monoisotopic (exact) mass is 644 g/mol. The number of aromatic nitrogens is 2. The molecule has 1 N–H and O–H groups in total. The van der Waals surface area contributed by atoms with E-state index in [4.69, 9.17) is 10.4 Å². The minimum Gasteiger partial charge on any atom is -0.338 e. The Labute approximate surface area is 285 Å². The predicted octanol–water partition coefficient (Wildman–Crippen LogP) is 11.6. The molecule has 0 bridgehead atoms. The Morgan fingerprint density at radius 2 is 1.43 bits per heavy atom. The highest BCUT2D eigenvalue weighted by Gasteiger charge is 2.32. The van der Waals surface area contributed by atoms with Crippen LogP contribution in [-0.4, -0.2) is 20.6 Å². The Kier molecular flexibility index (Phi) is 5.50. The van der Waals surface area contributed by atoms with Gasteiger partial charge in [-0.1, -0.05) is 91.0 Å². The average Bonchev–Trinajstić information content (AvgIpc) is 3.88. The van der Waals surface area contributed by atoms with Gasteiger partial charge in [0.1, 0.15) is 0 Å². The number of fused-ring (bicyclic) bond motifs is 10. The smallest absolute Gasteiger partial charge is 0.0963 e. The summed E-state index contributed by atoms with van der Waals surface area (Å²) in [7, 11) is 0. The lowest BCUT2D eigenvalue weighted by molar-refractivity contribution is 0.654. The number of benzene rings is 6. The molecule has 4 nitrogen and oxygen atoms in total. The SMILES string of the molecule is N=C1C=CC=CC1=NC1Cn2c3ccc(-c4cccc5c6ccccc6n(-c6ccccc6)c45)cc3c3cc4sc5ccccc5c4c1c32. The summed E-state index contributed by atoms with van der Waals surface area (Å²) in [5, 5.41) is 16.2. The Balaban J connectivity index is 1.20. The average molecular weight is 645 g/mol. The van der Waals surface area contributed by atoms with E-state index in [-0.39, 0.29) is 6.04 Å². The maximum atomic E-state index is 8.57. The number of thiophene rings is 1. The molecule has 5 heteroatoms. The Morgan fingerprint density at radius 3 is 2.33 bits per heavy atom. The van der Waals surface area contributed by atoms with Crippen LogP contribution >= 0.6 is 11.3 Å². The first-order chi connectivity index (χ1) is 24.2. The molecule has 0 amide bonds. The van der Waals surface area contributed by atoms with E-state index >= 15 is 0 Å². The summed E-state index contributed by atoms with van der Waals surface area (Å²) in [4.78, 5) is 5.27. The van der Waals surface area contributed by atoms with Gasteiger partial charge in [-0.2, -0.15) is 0 Å². The highest BCUT2D eigenvalue weighted by Crippen LogP contribution is 2.50. The highest BCUT2D eigenvalue weighted by molar-refractivity contribution is 7.26. The van der Waals surface area contributed by atoms with Crippen molar-refractivity contribution in [1.82, 2.24) is 9.13 Å². The van der Waals surface area contributed by atoms with Crippen LogP contribution < -0.4 is 0 Å². The molecule has 1 aliphatic carbocycles. The fourth-order valence-electron chi connectivity index (χ4n) is 8.41. The molecular weight excluding hydrogens is 617 g/mol. The number of rotatable bonds is 3. The second-order valence-electron chi connectivity index (χ2n) is 13.1. The largest absolute Gasteiger partial charge is 0.338 e. The van der Waals surface area contributed by atoms with Crippen molar-refractivity contribution in [3.05, 3.63) is 151 Å². The number of aliphatic imine (C=N–C) groups is 1. The zero-order valence-corrected chi connectivity index (χ0v) is 27.2. The molecule has 0 spiro atoms. The lowest BCUT2D eigenvalue weighted by Gasteiger charge is -2.14. The molecule has 0 saturated carbocycles. The highest BCUT2D eigenvalue weighted by atomic mass is 32.1. The molecule has 11 rings (SSSR count). The summed E-state index contributed by atoms with van der Waals surface area (Å²) in [6.45, 7) is 0.754. The summed E-state index contributed by atoms with van der Waals surface area (Å²) in [5.41, 5.74) is 11.0. The van der Waals surface area contributed by atoms with E-state index in [1.165, 1.54) is 80.5 Å². The maximum absolute atomic E-state index is 8.57. The summed E-state index contributed by atoms with van der Waals surface area (Å²) in [6.07, 6.45) is 7.70. The van der Waals surface area contributed by atoms with Gasteiger partial charge in [0.2, 0.25) is 0 Å². The molecule has 1 aliphatic heterocycles. The first kappa shape index (κ1) is 27.0. The second-order valence-corrected chi connectivity index (χ2v) is 14.1. The molecule has 9 aromatic rings. The third-order valence-corrected chi connectivity index (χ3v) is 11.6. The van der Waals surface area contributed by atoms with Crippen molar-refractivity contribution in [3.63, 3.8) is 0 Å². The molecule has 0 fully saturated rings. The van der Waals surface area contributed by atoms with Crippen LogP contribution in [0.5, 0.6) is 0 Å². The van der Waals surface area contributed by atoms with Crippen LogP contribution in [0.1, 0.15) is 11.6 Å². The summed E-state index contributed by atoms with van der Waals surface area (Å²) in [5.74, 6) is 0. The van der Waals surface area contributed by atoms with E-state index in [1.54, 1.807) is 0 Å². The lowest BCUT2D eigenvalue weighted by atomic mass is 9.96. The zero-order chi connectivity index (χ0) is 32.2. The van der Waals surface area contributed by atoms with Gasteiger partial charge in [0, 0.05) is 70.6 Å². The van der Waals surface area contributed by atoms with E-state index in [2.05, 4.69) is 130 Å². The minimum absolute atomic E-state index is 0.0647. The minimum atomic E-state index is -0.0647. The van der Waals surface area contributed by atoms with E-state index in [9.17, 15) is 0 Å². The van der Waals surface area contributed by atoms with Crippen LogP contribution in [0.25, 0.3) is 80.6 Å². The Hall–Kier alpha value is -6.04. The van der Waals surface area contributed by atoms with Crippen molar-refractivity contribution in [1.29, 1.82) is 5.41 Å². The molecule has 0 saturated heterocycles. The van der Waals surface area contributed by atoms with Gasteiger partial charge in [-0.3, -0.25) is 10.4 Å². The van der Waals surface area contributed by atoms with Gasteiger partial charge < -0.3 is 9.13 Å². The van der Waals surface area contributed by atoms with Gasteiger partial charge in [0.05, 0.1) is 34.0 Å². The molecule has 0 radical (unpaired) electrons. The Bertz CT molecular complexity index is 2980. The first-order valence-electron chi connectivity index (χ1n) is 16.7. The molecular formula is C44H28N4S. The molecule has 1 unspecified atom stereocenters. The van der Waals surface area contributed by atoms with Gasteiger partial charge in [-0.15, -0.1) is 11.3 Å². The van der Waals surface area contributed by atoms with Gasteiger partial charge in [-0.25, -0.2) is 0 Å². The fourth-order valence-corrected chi connectivity index (χ4v) is 9.57. The van der Waals surface area contributed by atoms with Gasteiger partial charge in [0.15, 0.2) is 0 Å². The molecule has 49 heavy (non-hydrogen) atoms. The summed E-state index contributed by atoms with van der Waals surface area (Å²) < 4.78 is 7.49. The first-order valence-corrected chi connectivity index (χ1v) is 17.5. The van der Waals surface area contributed by atoms with Crippen LogP contribution in [0.4, 0.5) is 0 Å². The van der Waals surface area contributed by atoms with Crippen LogP contribution in [0.2, 0.25) is 0 Å². The Morgan fingerprint density at radius 1 is 0.633 bits per heavy atom. The van der Waals surface area contributed by atoms with Gasteiger partial charge >= 0.3 is 0 Å². The normalized spacial score (nSPS) is 16.6. The predicted molar refractivity (Wildman–Crippen MR) is 208 cm³/mol. The number of para-hydroxylation sites is 3. The maximum Gasteiger partial charge on any atom is 0.0963 e. The van der Waals surface area contributed by atoms with Crippen molar-refractivity contribution < 1.29 is 0 Å². The lowest BCUT2D eigenvalue weighted by Crippen LogP contribution is -2.12. The van der Waals surface area contributed by atoms with Crippen LogP contribution in [0, 0.1) is 5.41 Å². The topological polar surface area (TPSA) is 46.1 Å². The molecule has 1 atom stereocenters. The molecule has 4 heterocycles. The third kappa shape index (κ3) is 3.73. The van der Waals surface area contributed by atoms with Crippen LogP contribution in [0.15, 0.2) is 151 Å². The van der Waals surface area contributed by atoms with E-state index < -0.39 is 0 Å². The van der Waals surface area contributed by atoms with Gasteiger partial charge in [0.25, 0.3) is 0 Å². The summed E-state index contributed by atoms with van der Waals surface area (Å²) >= 11 is 1.87. The number of hydrogen-bond donors (Lipinski definition) is 1.